The highest BCUT2D eigenvalue weighted by Gasteiger charge is 2.79. The average Bonchev–Trinajstić information content (AvgIpc) is 3.69. The topological polar surface area (TPSA) is 103 Å². The quantitative estimate of drug-likeness (QED) is 0.278. The first-order valence-corrected chi connectivity index (χ1v) is 17.1. The molecule has 0 saturated carbocycles. The number of fused-ring (bicyclic) bond motifs is 1. The molecule has 10 heteroatoms. The fourth-order valence-electron chi connectivity index (χ4n) is 8.46. The van der Waals surface area contributed by atoms with Crippen molar-refractivity contribution in [1.82, 2.24) is 19.6 Å². The molecule has 6 atom stereocenters. The minimum atomic E-state index is -1.17. The van der Waals surface area contributed by atoms with Crippen LogP contribution in [-0.2, 0) is 30.3 Å². The fourth-order valence-corrected chi connectivity index (χ4v) is 8.46. The van der Waals surface area contributed by atoms with Crippen LogP contribution < -0.4 is 0 Å². The van der Waals surface area contributed by atoms with Gasteiger partial charge in [0.15, 0.2) is 0 Å². The number of carbonyl (C=O) groups is 3. The van der Waals surface area contributed by atoms with Gasteiger partial charge in [-0.25, -0.2) is 0 Å². The second-order valence-electron chi connectivity index (χ2n) is 13.2. The predicted molar refractivity (Wildman–Crippen MR) is 176 cm³/mol. The van der Waals surface area contributed by atoms with Gasteiger partial charge in [-0.2, -0.15) is 0 Å². The molecule has 4 heterocycles. The third-order valence-corrected chi connectivity index (χ3v) is 10.6. The number of likely N-dealkylation sites (tertiary alicyclic amines) is 1. The van der Waals surface area contributed by atoms with Crippen LogP contribution in [0.2, 0.25) is 0 Å². The normalized spacial score (nSPS) is 29.4. The second-order valence-corrected chi connectivity index (χ2v) is 13.2. The minimum Gasteiger partial charge on any atom is -0.394 e. The van der Waals surface area contributed by atoms with Crippen molar-refractivity contribution in [2.75, 3.05) is 65.6 Å². The van der Waals surface area contributed by atoms with Crippen LogP contribution in [0.5, 0.6) is 0 Å². The Morgan fingerprint density at radius 2 is 1.72 bits per heavy atom. The Labute approximate surface area is 274 Å². The van der Waals surface area contributed by atoms with Gasteiger partial charge in [-0.15, -0.1) is 13.2 Å². The van der Waals surface area contributed by atoms with Gasteiger partial charge >= 0.3 is 0 Å². The number of hydrogen-bond acceptors (Lipinski definition) is 7. The van der Waals surface area contributed by atoms with Crippen LogP contribution in [0.25, 0.3) is 0 Å². The molecule has 5 rings (SSSR count). The number of benzene rings is 1. The highest BCUT2D eigenvalue weighted by atomic mass is 16.5. The van der Waals surface area contributed by atoms with E-state index in [4.69, 9.17) is 9.47 Å². The molecule has 1 N–H and O–H groups in total. The van der Waals surface area contributed by atoms with Crippen LogP contribution in [0, 0.1) is 11.8 Å². The van der Waals surface area contributed by atoms with Crippen molar-refractivity contribution in [1.29, 1.82) is 0 Å². The number of aliphatic hydroxyl groups excluding tert-OH is 1. The summed E-state index contributed by atoms with van der Waals surface area (Å²) in [4.78, 5) is 51.7. The largest absolute Gasteiger partial charge is 0.394 e. The Kier molecular flexibility index (Phi) is 11.0. The first-order valence-electron chi connectivity index (χ1n) is 17.1. The highest BCUT2D eigenvalue weighted by Crippen LogP contribution is 2.65. The van der Waals surface area contributed by atoms with Gasteiger partial charge in [-0.1, -0.05) is 56.3 Å². The van der Waals surface area contributed by atoms with Crippen molar-refractivity contribution in [3.8, 4) is 0 Å². The summed E-state index contributed by atoms with van der Waals surface area (Å²) in [6.45, 7) is 16.8. The summed E-state index contributed by atoms with van der Waals surface area (Å²) in [6, 6.07) is 8.07. The molecule has 1 spiro atoms. The van der Waals surface area contributed by atoms with E-state index in [0.717, 1.165) is 25.1 Å². The summed E-state index contributed by atoms with van der Waals surface area (Å²) in [5.41, 5.74) is -1.05. The Morgan fingerprint density at radius 3 is 2.33 bits per heavy atom. The minimum absolute atomic E-state index is 0.115. The zero-order chi connectivity index (χ0) is 32.9. The number of rotatable bonds is 16. The van der Waals surface area contributed by atoms with Crippen LogP contribution >= 0.6 is 0 Å². The molecule has 4 aliphatic heterocycles. The van der Waals surface area contributed by atoms with E-state index in [1.807, 2.05) is 44.2 Å². The molecule has 1 aromatic rings. The van der Waals surface area contributed by atoms with E-state index in [1.165, 1.54) is 0 Å². The molecular formula is C36H52N4O6. The Bertz CT molecular complexity index is 1250. The van der Waals surface area contributed by atoms with E-state index >= 15 is 0 Å². The van der Waals surface area contributed by atoms with E-state index in [1.54, 1.807) is 26.9 Å². The molecule has 4 aliphatic rings. The lowest BCUT2D eigenvalue weighted by molar-refractivity contribution is -0.158. The maximum atomic E-state index is 14.9. The van der Waals surface area contributed by atoms with Crippen LogP contribution in [0.3, 0.4) is 0 Å². The third-order valence-electron chi connectivity index (χ3n) is 10.6. The van der Waals surface area contributed by atoms with Gasteiger partial charge in [0.2, 0.25) is 17.7 Å². The predicted octanol–water partition coefficient (Wildman–Crippen LogP) is 2.52. The molecule has 1 aromatic carbocycles. The maximum Gasteiger partial charge on any atom is 0.248 e. The summed E-state index contributed by atoms with van der Waals surface area (Å²) in [5, 5.41) is 10.8. The van der Waals surface area contributed by atoms with Crippen molar-refractivity contribution in [3.63, 3.8) is 0 Å². The van der Waals surface area contributed by atoms with Crippen molar-refractivity contribution in [2.45, 2.75) is 69.2 Å². The van der Waals surface area contributed by atoms with Gasteiger partial charge in [0.05, 0.1) is 43.3 Å². The molecule has 4 fully saturated rings. The Hall–Kier alpha value is -3.05. The molecule has 2 bridgehead atoms. The molecule has 4 saturated heterocycles. The van der Waals surface area contributed by atoms with Gasteiger partial charge in [0.1, 0.15) is 11.6 Å². The monoisotopic (exact) mass is 636 g/mol. The van der Waals surface area contributed by atoms with Crippen LogP contribution in [0.15, 0.2) is 55.6 Å². The highest BCUT2D eigenvalue weighted by molar-refractivity contribution is 5.99. The third kappa shape index (κ3) is 6.17. The van der Waals surface area contributed by atoms with E-state index in [0.29, 0.717) is 71.6 Å². The number of ether oxygens (including phenoxy) is 2. The van der Waals surface area contributed by atoms with E-state index in [-0.39, 0.29) is 24.3 Å². The average molecular weight is 637 g/mol. The molecule has 3 amide bonds. The van der Waals surface area contributed by atoms with Crippen molar-refractivity contribution in [2.24, 2.45) is 11.8 Å². The SMILES string of the molecule is C=CCN(CCN1CCOCC1)C(=O)C1N([C@@H](CO)Cc2ccccc2)C(=O)[C@@H]2[C@@H](C(=O)N(CC=C)CCC)[C@@]3(CC)CCC12O3. The molecule has 0 aromatic heterocycles. The van der Waals surface area contributed by atoms with E-state index in [2.05, 4.69) is 18.1 Å². The zero-order valence-electron chi connectivity index (χ0n) is 27.6. The van der Waals surface area contributed by atoms with Crippen LogP contribution in [-0.4, -0.2) is 131 Å². The van der Waals surface area contributed by atoms with Crippen LogP contribution in [0.1, 0.15) is 45.1 Å². The molecule has 0 radical (unpaired) electrons. The number of hydrogen-bond donors (Lipinski definition) is 1. The lowest BCUT2D eigenvalue weighted by atomic mass is 9.64. The van der Waals surface area contributed by atoms with Crippen molar-refractivity contribution >= 4 is 17.7 Å². The van der Waals surface area contributed by atoms with E-state index < -0.39 is 35.1 Å². The number of carbonyl (C=O) groups excluding carboxylic acids is 3. The van der Waals surface area contributed by atoms with Gasteiger partial charge in [0.25, 0.3) is 0 Å². The van der Waals surface area contributed by atoms with Crippen molar-refractivity contribution in [3.05, 3.63) is 61.2 Å². The van der Waals surface area contributed by atoms with Gasteiger partial charge in [-0.05, 0) is 37.7 Å². The van der Waals surface area contributed by atoms with Crippen molar-refractivity contribution < 1.29 is 29.0 Å². The number of amides is 3. The Morgan fingerprint density at radius 1 is 1.04 bits per heavy atom. The summed E-state index contributed by atoms with van der Waals surface area (Å²) in [5.74, 6) is -2.14. The first-order chi connectivity index (χ1) is 22.3. The van der Waals surface area contributed by atoms with E-state index in [9.17, 15) is 19.5 Å². The lowest BCUT2D eigenvalue weighted by Crippen LogP contribution is -2.60. The van der Waals surface area contributed by atoms with Gasteiger partial charge in [0, 0.05) is 45.8 Å². The number of nitrogens with zero attached hydrogens (tertiary/aromatic N) is 4. The molecule has 2 unspecified atom stereocenters. The smallest absolute Gasteiger partial charge is 0.248 e. The summed E-state index contributed by atoms with van der Waals surface area (Å²) < 4.78 is 12.6. The number of morpholine rings is 1. The molecule has 0 aliphatic carbocycles. The van der Waals surface area contributed by atoms with Gasteiger partial charge < -0.3 is 29.3 Å². The Balaban J connectivity index is 1.56. The zero-order valence-corrected chi connectivity index (χ0v) is 27.6. The summed E-state index contributed by atoms with van der Waals surface area (Å²) in [6.07, 6.45) is 6.23. The lowest BCUT2D eigenvalue weighted by Gasteiger charge is -2.40. The van der Waals surface area contributed by atoms with Crippen LogP contribution in [0.4, 0.5) is 0 Å². The fraction of sp³-hybridized carbons (Fsp3) is 0.639. The molecular weight excluding hydrogens is 584 g/mol. The summed E-state index contributed by atoms with van der Waals surface area (Å²) in [7, 11) is 0. The van der Waals surface area contributed by atoms with Gasteiger partial charge in [-0.3, -0.25) is 19.3 Å². The standard InChI is InChI=1S/C36H52N4O6/c1-5-16-38(17-6-2)32(42)29-30-33(43)40(28(26-41)25-27-12-10-9-11-13-27)31(36(30)15-14-35(29,8-4)46-36)34(44)39(18-7-3)20-19-37-21-23-45-24-22-37/h5,7,9-13,28-31,41H,1,3,6,8,14-26H2,2,4H3/t28-,29+,30+,31?,35-,36?/m1/s1. The first kappa shape index (κ1) is 34.3. The molecule has 46 heavy (non-hydrogen) atoms. The summed E-state index contributed by atoms with van der Waals surface area (Å²) >= 11 is 0. The maximum absolute atomic E-state index is 14.9. The molecule has 10 nitrogen and oxygen atoms in total. The second kappa shape index (κ2) is 14.8. The number of aliphatic hydroxyl groups is 1. The molecule has 252 valence electrons.